The van der Waals surface area contributed by atoms with Crippen molar-refractivity contribution in [3.05, 3.63) is 34.5 Å². The summed E-state index contributed by atoms with van der Waals surface area (Å²) in [5, 5.41) is 1.07. The highest BCUT2D eigenvalue weighted by atomic mass is 32.1. The maximum atomic E-state index is 13.0. The highest BCUT2D eigenvalue weighted by molar-refractivity contribution is 7.25. The van der Waals surface area contributed by atoms with Crippen molar-refractivity contribution in [2.24, 2.45) is 0 Å². The van der Waals surface area contributed by atoms with Crippen LogP contribution >= 0.6 is 11.3 Å². The number of hydrogen-bond donors (Lipinski definition) is 0. The van der Waals surface area contributed by atoms with Gasteiger partial charge in [-0.1, -0.05) is 33.1 Å². The van der Waals surface area contributed by atoms with Gasteiger partial charge in [0.05, 0.1) is 11.8 Å². The van der Waals surface area contributed by atoms with E-state index >= 15 is 0 Å². The van der Waals surface area contributed by atoms with Gasteiger partial charge in [0, 0.05) is 17.6 Å². The summed E-state index contributed by atoms with van der Waals surface area (Å²) in [5.74, 6) is 0.390. The molecule has 120 valence electrons. The van der Waals surface area contributed by atoms with Gasteiger partial charge in [-0.3, -0.25) is 9.36 Å². The Morgan fingerprint density at radius 2 is 2.00 bits per heavy atom. The van der Waals surface area contributed by atoms with Crippen molar-refractivity contribution in [2.75, 3.05) is 0 Å². The fourth-order valence-electron chi connectivity index (χ4n) is 3.69. The van der Waals surface area contributed by atoms with Crippen LogP contribution in [0, 0.1) is 0 Å². The van der Waals surface area contributed by atoms with Crippen LogP contribution in [0.2, 0.25) is 0 Å². The third-order valence-electron chi connectivity index (χ3n) is 4.93. The number of thiophene rings is 1. The lowest BCUT2D eigenvalue weighted by Crippen LogP contribution is -2.26. The van der Waals surface area contributed by atoms with Gasteiger partial charge in [0.25, 0.3) is 5.56 Å². The van der Waals surface area contributed by atoms with Crippen molar-refractivity contribution in [2.45, 2.75) is 57.9 Å². The molecule has 0 aromatic carbocycles. The molecule has 1 fully saturated rings. The molecular formula is C18H21N3OS. The smallest absolute Gasteiger partial charge is 0.271 e. The van der Waals surface area contributed by atoms with Gasteiger partial charge in [-0.15, -0.1) is 11.3 Å². The first kappa shape index (κ1) is 14.8. The van der Waals surface area contributed by atoms with Gasteiger partial charge in [0.15, 0.2) is 0 Å². The van der Waals surface area contributed by atoms with E-state index in [0.29, 0.717) is 12.0 Å². The van der Waals surface area contributed by atoms with Gasteiger partial charge < -0.3 is 0 Å². The summed E-state index contributed by atoms with van der Waals surface area (Å²) in [6, 6.07) is 2.36. The van der Waals surface area contributed by atoms with E-state index < -0.39 is 0 Å². The lowest BCUT2D eigenvalue weighted by atomic mass is 9.95. The lowest BCUT2D eigenvalue weighted by molar-refractivity contribution is 0.345. The highest BCUT2D eigenvalue weighted by Crippen LogP contribution is 2.35. The predicted molar refractivity (Wildman–Crippen MR) is 95.4 cm³/mol. The van der Waals surface area contributed by atoms with Crippen molar-refractivity contribution < 1.29 is 0 Å². The SMILES string of the molecule is CC(C)c1ccnc2sc3c(=O)n(C4CCCCC4)cnc3c12. The van der Waals surface area contributed by atoms with Crippen LogP contribution in [0.25, 0.3) is 20.4 Å². The summed E-state index contributed by atoms with van der Waals surface area (Å²) in [6.07, 6.45) is 9.49. The van der Waals surface area contributed by atoms with Crippen molar-refractivity contribution in [3.8, 4) is 0 Å². The first-order valence-corrected chi connectivity index (χ1v) is 9.26. The Hall–Kier alpha value is -1.75. The minimum Gasteiger partial charge on any atom is -0.295 e. The molecule has 0 saturated heterocycles. The Morgan fingerprint density at radius 1 is 1.22 bits per heavy atom. The van der Waals surface area contributed by atoms with Gasteiger partial charge >= 0.3 is 0 Å². The number of hydrogen-bond acceptors (Lipinski definition) is 4. The quantitative estimate of drug-likeness (QED) is 0.689. The molecule has 4 rings (SSSR count). The molecule has 0 bridgehead atoms. The zero-order chi connectivity index (χ0) is 16.0. The van der Waals surface area contributed by atoms with E-state index in [4.69, 9.17) is 0 Å². The third kappa shape index (κ3) is 2.38. The Balaban J connectivity index is 1.96. The molecule has 3 heterocycles. The van der Waals surface area contributed by atoms with E-state index in [9.17, 15) is 4.79 Å². The minimum absolute atomic E-state index is 0.111. The second-order valence-electron chi connectivity index (χ2n) is 6.76. The summed E-state index contributed by atoms with van der Waals surface area (Å²) in [7, 11) is 0. The number of aromatic nitrogens is 3. The van der Waals surface area contributed by atoms with Crippen molar-refractivity contribution in [1.82, 2.24) is 14.5 Å². The first-order chi connectivity index (χ1) is 11.2. The fraction of sp³-hybridized carbons (Fsp3) is 0.500. The summed E-state index contributed by atoms with van der Waals surface area (Å²) < 4.78 is 2.63. The Labute approximate surface area is 139 Å². The van der Waals surface area contributed by atoms with E-state index in [1.165, 1.54) is 36.2 Å². The topological polar surface area (TPSA) is 47.8 Å². The van der Waals surface area contributed by atoms with E-state index in [2.05, 4.69) is 23.8 Å². The second-order valence-corrected chi connectivity index (χ2v) is 7.76. The van der Waals surface area contributed by atoms with Crippen LogP contribution in [-0.2, 0) is 0 Å². The fourth-order valence-corrected chi connectivity index (χ4v) is 4.76. The molecule has 5 heteroatoms. The van der Waals surface area contributed by atoms with Crippen molar-refractivity contribution in [3.63, 3.8) is 0 Å². The number of nitrogens with zero attached hydrogens (tertiary/aromatic N) is 3. The lowest BCUT2D eigenvalue weighted by Gasteiger charge is -2.23. The number of fused-ring (bicyclic) bond motifs is 3. The van der Waals surface area contributed by atoms with Gasteiger partial charge in [0.1, 0.15) is 9.53 Å². The molecule has 1 saturated carbocycles. The zero-order valence-electron chi connectivity index (χ0n) is 13.6. The Morgan fingerprint density at radius 3 is 2.74 bits per heavy atom. The first-order valence-electron chi connectivity index (χ1n) is 8.45. The molecule has 1 aliphatic carbocycles. The second kappa shape index (κ2) is 5.71. The van der Waals surface area contributed by atoms with Gasteiger partial charge in [-0.2, -0.15) is 0 Å². The van der Waals surface area contributed by atoms with E-state index in [1.807, 2.05) is 16.8 Å². The molecule has 23 heavy (non-hydrogen) atoms. The molecular weight excluding hydrogens is 306 g/mol. The van der Waals surface area contributed by atoms with Crippen LogP contribution in [0.4, 0.5) is 0 Å². The van der Waals surface area contributed by atoms with Crippen LogP contribution in [0.3, 0.4) is 0 Å². The maximum Gasteiger partial charge on any atom is 0.271 e. The van der Waals surface area contributed by atoms with Gasteiger partial charge in [-0.25, -0.2) is 9.97 Å². The molecule has 0 spiro atoms. The molecule has 4 nitrogen and oxygen atoms in total. The molecule has 0 N–H and O–H groups in total. The van der Waals surface area contributed by atoms with Crippen molar-refractivity contribution >= 4 is 31.8 Å². The summed E-state index contributed by atoms with van der Waals surface area (Å²) in [4.78, 5) is 23.1. The maximum absolute atomic E-state index is 13.0. The van der Waals surface area contributed by atoms with Gasteiger partial charge in [0.2, 0.25) is 0 Å². The zero-order valence-corrected chi connectivity index (χ0v) is 14.4. The van der Waals surface area contributed by atoms with E-state index in [-0.39, 0.29) is 5.56 Å². The van der Waals surface area contributed by atoms with Crippen LogP contribution < -0.4 is 5.56 Å². The summed E-state index contributed by atoms with van der Waals surface area (Å²) in [5.41, 5.74) is 2.17. The average Bonchev–Trinajstić information content (AvgIpc) is 2.95. The predicted octanol–water partition coefficient (Wildman–Crippen LogP) is 4.63. The van der Waals surface area contributed by atoms with Crippen LogP contribution in [0.5, 0.6) is 0 Å². The molecule has 0 atom stereocenters. The summed E-state index contributed by atoms with van der Waals surface area (Å²) in [6.45, 7) is 4.34. The largest absolute Gasteiger partial charge is 0.295 e. The molecule has 3 aromatic rings. The number of rotatable bonds is 2. The Bertz CT molecular complexity index is 919. The standard InChI is InChI=1S/C18H21N3OS/c1-11(2)13-8-9-19-17-14(13)15-16(23-17)18(22)21(10-20-15)12-6-4-3-5-7-12/h8-12H,3-7H2,1-2H3. The van der Waals surface area contributed by atoms with Crippen LogP contribution in [0.1, 0.15) is 63.5 Å². The molecule has 0 amide bonds. The molecule has 1 aliphatic rings. The Kier molecular flexibility index (Phi) is 3.68. The van der Waals surface area contributed by atoms with Crippen molar-refractivity contribution in [1.29, 1.82) is 0 Å². The van der Waals surface area contributed by atoms with E-state index in [1.54, 1.807) is 6.33 Å². The number of pyridine rings is 1. The average molecular weight is 327 g/mol. The minimum atomic E-state index is 0.111. The summed E-state index contributed by atoms with van der Waals surface area (Å²) >= 11 is 1.49. The molecule has 0 aliphatic heterocycles. The van der Waals surface area contributed by atoms with Crippen LogP contribution in [0.15, 0.2) is 23.4 Å². The molecule has 0 unspecified atom stereocenters. The van der Waals surface area contributed by atoms with E-state index in [0.717, 1.165) is 33.3 Å². The highest BCUT2D eigenvalue weighted by Gasteiger charge is 2.21. The monoisotopic (exact) mass is 327 g/mol. The normalized spacial score (nSPS) is 16.7. The van der Waals surface area contributed by atoms with Crippen LogP contribution in [-0.4, -0.2) is 14.5 Å². The molecule has 3 aromatic heterocycles. The van der Waals surface area contributed by atoms with Gasteiger partial charge in [-0.05, 0) is 30.4 Å². The molecule has 0 radical (unpaired) electrons. The third-order valence-corrected chi connectivity index (χ3v) is 6.00.